The van der Waals surface area contributed by atoms with Gasteiger partial charge in [0.1, 0.15) is 6.61 Å². The van der Waals surface area contributed by atoms with Gasteiger partial charge in [-0.15, -0.1) is 0 Å². The summed E-state index contributed by atoms with van der Waals surface area (Å²) in [6.07, 6.45) is 1.23. The number of pyridine rings is 1. The first-order valence-corrected chi connectivity index (χ1v) is 4.76. The second-order valence-corrected chi connectivity index (χ2v) is 3.62. The number of hydrogen-bond donors (Lipinski definition) is 1. The number of halogens is 1. The largest absolute Gasteiger partial charge is 0.389 e. The Balaban J connectivity index is 2.28. The summed E-state index contributed by atoms with van der Waals surface area (Å²) in [5, 5.41) is 11.5. The summed E-state index contributed by atoms with van der Waals surface area (Å²) in [5.74, 6) is 0. The Kier molecular flexibility index (Phi) is 2.58. The molecule has 2 heterocycles. The maximum Gasteiger partial charge on any atom is 0.103 e. The summed E-state index contributed by atoms with van der Waals surface area (Å²) >= 11 is 6.06. The highest BCUT2D eigenvalue weighted by molar-refractivity contribution is 6.33. The summed E-state index contributed by atoms with van der Waals surface area (Å²) < 4.78 is 0. The standard InChI is InChI=1S/C9H11ClN2O2/c1-6-9(10)8(2-3-11-6)12-4-7(13)5-14-12/h2-3,7,13H,4-5H2,1H3. The monoisotopic (exact) mass is 214 g/mol. The lowest BCUT2D eigenvalue weighted by atomic mass is 10.3. The Bertz CT molecular complexity index is 346. The molecule has 1 N–H and O–H groups in total. The van der Waals surface area contributed by atoms with Crippen molar-refractivity contribution in [3.63, 3.8) is 0 Å². The van der Waals surface area contributed by atoms with E-state index in [0.29, 0.717) is 18.2 Å². The van der Waals surface area contributed by atoms with Crippen molar-refractivity contribution in [3.05, 3.63) is 23.0 Å². The van der Waals surface area contributed by atoms with Gasteiger partial charge in [-0.3, -0.25) is 9.82 Å². The smallest absolute Gasteiger partial charge is 0.103 e. The molecule has 1 aliphatic rings. The van der Waals surface area contributed by atoms with Crippen molar-refractivity contribution in [1.82, 2.24) is 4.98 Å². The van der Waals surface area contributed by atoms with Crippen molar-refractivity contribution in [2.75, 3.05) is 18.2 Å². The zero-order chi connectivity index (χ0) is 10.1. The molecule has 0 radical (unpaired) electrons. The summed E-state index contributed by atoms with van der Waals surface area (Å²) in [6.45, 7) is 2.60. The number of anilines is 1. The van der Waals surface area contributed by atoms with E-state index in [9.17, 15) is 5.11 Å². The van der Waals surface area contributed by atoms with Crippen LogP contribution in [0.25, 0.3) is 0 Å². The fourth-order valence-electron chi connectivity index (χ4n) is 1.37. The number of aliphatic hydroxyl groups excluding tert-OH is 1. The summed E-state index contributed by atoms with van der Waals surface area (Å²) in [6, 6.07) is 1.77. The number of hydroxylamine groups is 1. The average molecular weight is 215 g/mol. The van der Waals surface area contributed by atoms with Gasteiger partial charge in [-0.25, -0.2) is 5.06 Å². The third kappa shape index (κ3) is 1.68. The highest BCUT2D eigenvalue weighted by Crippen LogP contribution is 2.29. The van der Waals surface area contributed by atoms with Gasteiger partial charge in [-0.05, 0) is 13.0 Å². The summed E-state index contributed by atoms with van der Waals surface area (Å²) in [4.78, 5) is 9.31. The predicted octanol–water partition coefficient (Wildman–Crippen LogP) is 1.16. The molecule has 1 atom stereocenters. The minimum atomic E-state index is -0.445. The molecule has 1 saturated heterocycles. The Labute approximate surface area is 87.0 Å². The molecule has 1 aliphatic heterocycles. The van der Waals surface area contributed by atoms with Crippen molar-refractivity contribution in [2.45, 2.75) is 13.0 Å². The fourth-order valence-corrected chi connectivity index (χ4v) is 1.57. The van der Waals surface area contributed by atoms with Gasteiger partial charge in [0.2, 0.25) is 0 Å². The number of aromatic nitrogens is 1. The van der Waals surface area contributed by atoms with Crippen LogP contribution in [0.3, 0.4) is 0 Å². The topological polar surface area (TPSA) is 45.6 Å². The maximum atomic E-state index is 9.30. The van der Waals surface area contributed by atoms with Crippen LogP contribution in [0.4, 0.5) is 5.69 Å². The molecule has 2 rings (SSSR count). The van der Waals surface area contributed by atoms with Gasteiger partial charge in [-0.2, -0.15) is 0 Å². The Morgan fingerprint density at radius 2 is 2.50 bits per heavy atom. The molecule has 0 saturated carbocycles. The number of β-amino-alcohol motifs (C(OH)–C–C–N with tert-alkyl or cyclic N) is 1. The van der Waals surface area contributed by atoms with Crippen LogP contribution in [0.1, 0.15) is 5.69 Å². The van der Waals surface area contributed by atoms with Gasteiger partial charge in [0.15, 0.2) is 0 Å². The van der Waals surface area contributed by atoms with Gasteiger partial charge in [0, 0.05) is 6.20 Å². The molecule has 5 heteroatoms. The first kappa shape index (κ1) is 9.71. The molecule has 0 aliphatic carbocycles. The molecule has 14 heavy (non-hydrogen) atoms. The lowest BCUT2D eigenvalue weighted by molar-refractivity contribution is 0.116. The van der Waals surface area contributed by atoms with Crippen LogP contribution < -0.4 is 5.06 Å². The molecule has 1 aromatic rings. The van der Waals surface area contributed by atoms with Crippen molar-refractivity contribution < 1.29 is 9.94 Å². The highest BCUT2D eigenvalue weighted by Gasteiger charge is 2.23. The van der Waals surface area contributed by atoms with Crippen LogP contribution in [0.15, 0.2) is 12.3 Å². The Morgan fingerprint density at radius 1 is 1.71 bits per heavy atom. The van der Waals surface area contributed by atoms with E-state index in [1.54, 1.807) is 17.3 Å². The van der Waals surface area contributed by atoms with Crippen molar-refractivity contribution in [2.24, 2.45) is 0 Å². The van der Waals surface area contributed by atoms with Crippen molar-refractivity contribution >= 4 is 17.3 Å². The molecule has 0 aromatic carbocycles. The van der Waals surface area contributed by atoms with Gasteiger partial charge in [0.25, 0.3) is 0 Å². The molecule has 0 bridgehead atoms. The molecule has 1 unspecified atom stereocenters. The second-order valence-electron chi connectivity index (χ2n) is 3.24. The molecule has 1 aromatic heterocycles. The van der Waals surface area contributed by atoms with Crippen LogP contribution in [0, 0.1) is 6.92 Å². The molecule has 76 valence electrons. The van der Waals surface area contributed by atoms with E-state index >= 15 is 0 Å². The van der Waals surface area contributed by atoms with Crippen LogP contribution in [-0.2, 0) is 4.84 Å². The lowest BCUT2D eigenvalue weighted by Crippen LogP contribution is -2.20. The van der Waals surface area contributed by atoms with Crippen molar-refractivity contribution in [3.8, 4) is 0 Å². The van der Waals surface area contributed by atoms with E-state index in [2.05, 4.69) is 4.98 Å². The van der Waals surface area contributed by atoms with Crippen molar-refractivity contribution in [1.29, 1.82) is 0 Å². The minimum Gasteiger partial charge on any atom is -0.389 e. The third-order valence-electron chi connectivity index (χ3n) is 2.11. The van der Waals surface area contributed by atoms with E-state index in [1.165, 1.54) is 0 Å². The van der Waals surface area contributed by atoms with E-state index in [-0.39, 0.29) is 0 Å². The number of aliphatic hydroxyl groups is 1. The van der Waals surface area contributed by atoms with Gasteiger partial charge >= 0.3 is 0 Å². The van der Waals surface area contributed by atoms with Crippen LogP contribution >= 0.6 is 11.6 Å². The van der Waals surface area contributed by atoms with Gasteiger partial charge < -0.3 is 5.11 Å². The summed E-state index contributed by atoms with van der Waals surface area (Å²) in [7, 11) is 0. The van der Waals surface area contributed by atoms with Crippen LogP contribution in [-0.4, -0.2) is 29.3 Å². The number of rotatable bonds is 1. The first-order valence-electron chi connectivity index (χ1n) is 4.38. The molecular formula is C9H11ClN2O2. The lowest BCUT2D eigenvalue weighted by Gasteiger charge is -2.17. The van der Waals surface area contributed by atoms with Crippen LogP contribution in [0.5, 0.6) is 0 Å². The first-order chi connectivity index (χ1) is 6.68. The van der Waals surface area contributed by atoms with Crippen LogP contribution in [0.2, 0.25) is 5.02 Å². The molecular weight excluding hydrogens is 204 g/mol. The molecule has 4 nitrogen and oxygen atoms in total. The van der Waals surface area contributed by atoms with E-state index < -0.39 is 6.10 Å². The molecule has 0 spiro atoms. The normalized spacial score (nSPS) is 21.6. The number of hydrogen-bond acceptors (Lipinski definition) is 4. The van der Waals surface area contributed by atoms with Gasteiger partial charge in [-0.1, -0.05) is 11.6 Å². The summed E-state index contributed by atoms with van der Waals surface area (Å²) in [5.41, 5.74) is 1.52. The Morgan fingerprint density at radius 3 is 3.14 bits per heavy atom. The quantitative estimate of drug-likeness (QED) is 0.762. The molecule has 0 amide bonds. The zero-order valence-electron chi connectivity index (χ0n) is 7.77. The number of aryl methyl sites for hydroxylation is 1. The highest BCUT2D eigenvalue weighted by atomic mass is 35.5. The molecule has 1 fully saturated rings. The SMILES string of the molecule is Cc1nccc(N2CC(O)CO2)c1Cl. The average Bonchev–Trinajstić information content (AvgIpc) is 2.57. The zero-order valence-corrected chi connectivity index (χ0v) is 8.53. The second kappa shape index (κ2) is 3.73. The van der Waals surface area contributed by atoms with Gasteiger partial charge in [0.05, 0.1) is 29.1 Å². The third-order valence-corrected chi connectivity index (χ3v) is 2.58. The van der Waals surface area contributed by atoms with E-state index in [1.807, 2.05) is 6.92 Å². The minimum absolute atomic E-state index is 0.317. The number of nitrogens with zero attached hydrogens (tertiary/aromatic N) is 2. The predicted molar refractivity (Wildman–Crippen MR) is 53.3 cm³/mol. The Hall–Kier alpha value is -0.840. The van der Waals surface area contributed by atoms with E-state index in [4.69, 9.17) is 16.4 Å². The van der Waals surface area contributed by atoms with E-state index in [0.717, 1.165) is 11.4 Å². The fraction of sp³-hybridized carbons (Fsp3) is 0.444. The maximum absolute atomic E-state index is 9.30.